The zero-order valence-electron chi connectivity index (χ0n) is 25.0. The van der Waals surface area contributed by atoms with Crippen LogP contribution < -0.4 is 10.6 Å². The first-order chi connectivity index (χ1) is 20.7. The topological polar surface area (TPSA) is 97.0 Å². The van der Waals surface area contributed by atoms with Crippen molar-refractivity contribution in [3.05, 3.63) is 95.1 Å². The first-order valence-corrected chi connectivity index (χ1v) is 15.2. The van der Waals surface area contributed by atoms with E-state index in [1.807, 2.05) is 36.4 Å². The summed E-state index contributed by atoms with van der Waals surface area (Å²) in [4.78, 5) is 41.4. The van der Waals surface area contributed by atoms with E-state index in [0.29, 0.717) is 0 Å². The molecule has 3 atom stereocenters. The summed E-state index contributed by atoms with van der Waals surface area (Å²) >= 11 is 0. The largest absolute Gasteiger partial charge is 0.449 e. The van der Waals surface area contributed by atoms with Crippen LogP contribution in [0.3, 0.4) is 0 Å². The van der Waals surface area contributed by atoms with Gasteiger partial charge in [-0.1, -0.05) is 72.8 Å². The average Bonchev–Trinajstić information content (AvgIpc) is 3.55. The summed E-state index contributed by atoms with van der Waals surface area (Å²) in [5.74, 6) is -0.304. The Kier molecular flexibility index (Phi) is 7.86. The second-order valence-corrected chi connectivity index (χ2v) is 12.7. The Morgan fingerprint density at radius 2 is 1.49 bits per heavy atom. The molecule has 8 nitrogen and oxygen atoms in total. The van der Waals surface area contributed by atoms with Gasteiger partial charge in [0.05, 0.1) is 12.1 Å². The van der Waals surface area contributed by atoms with Crippen molar-refractivity contribution in [3.8, 4) is 11.1 Å². The molecule has 2 aliphatic carbocycles. The summed E-state index contributed by atoms with van der Waals surface area (Å²) in [5.41, 5.74) is 6.22. The van der Waals surface area contributed by atoms with E-state index in [0.717, 1.165) is 47.1 Å². The maximum atomic E-state index is 13.7. The third-order valence-electron chi connectivity index (χ3n) is 8.58. The van der Waals surface area contributed by atoms with E-state index in [1.54, 1.807) is 20.8 Å². The number of benzene rings is 3. The molecule has 2 unspecified atom stereocenters. The minimum atomic E-state index is -0.775. The van der Waals surface area contributed by atoms with Gasteiger partial charge in [0.15, 0.2) is 0 Å². The minimum Gasteiger partial charge on any atom is -0.449 e. The van der Waals surface area contributed by atoms with Crippen molar-refractivity contribution in [3.63, 3.8) is 0 Å². The van der Waals surface area contributed by atoms with Crippen LogP contribution in [0.1, 0.15) is 74.2 Å². The lowest BCUT2D eigenvalue weighted by molar-refractivity contribution is -0.126. The highest BCUT2D eigenvalue weighted by Crippen LogP contribution is 2.44. The lowest BCUT2D eigenvalue weighted by Gasteiger charge is -2.31. The van der Waals surface area contributed by atoms with Crippen LogP contribution in [-0.2, 0) is 20.7 Å². The Balaban J connectivity index is 1.13. The van der Waals surface area contributed by atoms with E-state index in [2.05, 4.69) is 47.0 Å². The molecule has 3 aromatic rings. The molecule has 6 rings (SSSR count). The van der Waals surface area contributed by atoms with Gasteiger partial charge >= 0.3 is 12.2 Å². The van der Waals surface area contributed by atoms with E-state index >= 15 is 0 Å². The summed E-state index contributed by atoms with van der Waals surface area (Å²) in [7, 11) is 0. The van der Waals surface area contributed by atoms with E-state index in [4.69, 9.17) is 9.47 Å². The maximum absolute atomic E-state index is 13.7. The van der Waals surface area contributed by atoms with Crippen molar-refractivity contribution < 1.29 is 23.9 Å². The van der Waals surface area contributed by atoms with E-state index < -0.39 is 29.9 Å². The maximum Gasteiger partial charge on any atom is 0.411 e. The number of carbonyl (C=O) groups excluding carboxylic acids is 3. The van der Waals surface area contributed by atoms with Crippen molar-refractivity contribution in [2.45, 2.75) is 76.1 Å². The van der Waals surface area contributed by atoms with Gasteiger partial charge in [-0.15, -0.1) is 0 Å². The Morgan fingerprint density at radius 3 is 2.16 bits per heavy atom. The molecule has 1 fully saturated rings. The molecule has 224 valence electrons. The summed E-state index contributed by atoms with van der Waals surface area (Å²) in [6.45, 7) is 5.72. The molecule has 3 aliphatic rings. The van der Waals surface area contributed by atoms with Crippen LogP contribution in [0, 0.1) is 0 Å². The zero-order chi connectivity index (χ0) is 30.1. The van der Waals surface area contributed by atoms with Gasteiger partial charge in [0.25, 0.3) is 0 Å². The number of likely N-dealkylation sites (tertiary alicyclic amines) is 1. The molecule has 1 aliphatic heterocycles. The SMILES string of the molecule is CC(C)(C)OC(=O)N1CC(NC(=O)OCC2c3ccccc3-c3ccccc32)CC1C(=O)N[C@@H]1CCCc2ccccc21. The molecule has 0 aromatic heterocycles. The van der Waals surface area contributed by atoms with Crippen molar-refractivity contribution in [1.29, 1.82) is 0 Å². The minimum absolute atomic E-state index is 0.0584. The predicted octanol–water partition coefficient (Wildman–Crippen LogP) is 6.10. The summed E-state index contributed by atoms with van der Waals surface area (Å²) in [6, 6.07) is 23.2. The highest BCUT2D eigenvalue weighted by atomic mass is 16.6. The number of alkyl carbamates (subject to hydrolysis) is 1. The van der Waals surface area contributed by atoms with E-state index in [-0.39, 0.29) is 37.4 Å². The number of ether oxygens (including phenoxy) is 2. The molecule has 2 N–H and O–H groups in total. The Morgan fingerprint density at radius 1 is 0.860 bits per heavy atom. The standard InChI is InChI=1S/C35H39N3O5/c1-35(2,3)43-34(41)38-20-23(19-31(38)32(39)37-30-18-10-12-22-11-4-5-13-24(22)30)36-33(40)42-21-29-27-16-8-6-14-25(27)26-15-7-9-17-28(26)29/h4-9,11,13-17,23,29-31H,10,12,18-21H2,1-3H3,(H,36,40)(H,37,39)/t23?,30-,31?/m1/s1. The molecule has 8 heteroatoms. The summed E-state index contributed by atoms with van der Waals surface area (Å²) < 4.78 is 11.4. The number of fused-ring (bicyclic) bond motifs is 4. The fourth-order valence-electron chi connectivity index (χ4n) is 6.69. The lowest BCUT2D eigenvalue weighted by atomic mass is 9.87. The molecular weight excluding hydrogens is 542 g/mol. The van der Waals surface area contributed by atoms with Gasteiger partial charge in [0, 0.05) is 12.5 Å². The molecular formula is C35H39N3O5. The lowest BCUT2D eigenvalue weighted by Crippen LogP contribution is -2.48. The number of nitrogens with one attached hydrogen (secondary N) is 2. The number of aryl methyl sites for hydroxylation is 1. The molecule has 0 spiro atoms. The highest BCUT2D eigenvalue weighted by molar-refractivity contribution is 5.87. The van der Waals surface area contributed by atoms with Crippen LogP contribution in [0.4, 0.5) is 9.59 Å². The number of rotatable bonds is 5. The second kappa shape index (κ2) is 11.7. The first-order valence-electron chi connectivity index (χ1n) is 15.2. The van der Waals surface area contributed by atoms with Gasteiger partial charge in [-0.2, -0.15) is 0 Å². The molecule has 1 saturated heterocycles. The van der Waals surface area contributed by atoms with Crippen molar-refractivity contribution >= 4 is 18.1 Å². The summed E-state index contributed by atoms with van der Waals surface area (Å²) in [5, 5.41) is 6.10. The van der Waals surface area contributed by atoms with Gasteiger partial charge in [0.1, 0.15) is 18.2 Å². The Hall–Kier alpha value is -4.33. The smallest absolute Gasteiger partial charge is 0.411 e. The number of carbonyl (C=O) groups is 3. The third-order valence-corrected chi connectivity index (χ3v) is 8.58. The van der Waals surface area contributed by atoms with Crippen LogP contribution in [0.15, 0.2) is 72.8 Å². The molecule has 3 aromatic carbocycles. The highest BCUT2D eigenvalue weighted by Gasteiger charge is 2.43. The monoisotopic (exact) mass is 581 g/mol. The Bertz CT molecular complexity index is 1480. The second-order valence-electron chi connectivity index (χ2n) is 12.7. The van der Waals surface area contributed by atoms with Crippen LogP contribution in [0.2, 0.25) is 0 Å². The van der Waals surface area contributed by atoms with Crippen LogP contribution >= 0.6 is 0 Å². The molecule has 3 amide bonds. The number of hydrogen-bond donors (Lipinski definition) is 2. The van der Waals surface area contributed by atoms with Crippen LogP contribution in [0.5, 0.6) is 0 Å². The van der Waals surface area contributed by atoms with Crippen LogP contribution in [-0.4, -0.2) is 53.8 Å². The summed E-state index contributed by atoms with van der Waals surface area (Å²) in [6.07, 6.45) is 1.93. The fraction of sp³-hybridized carbons (Fsp3) is 0.400. The molecule has 0 radical (unpaired) electrons. The quantitative estimate of drug-likeness (QED) is 0.380. The van der Waals surface area contributed by atoms with Gasteiger partial charge < -0.3 is 20.1 Å². The first kappa shape index (κ1) is 28.8. The molecule has 1 heterocycles. The third kappa shape index (κ3) is 6.10. The number of hydrogen-bond acceptors (Lipinski definition) is 5. The van der Waals surface area contributed by atoms with Gasteiger partial charge in [-0.3, -0.25) is 9.69 Å². The van der Waals surface area contributed by atoms with Gasteiger partial charge in [-0.25, -0.2) is 9.59 Å². The number of amides is 3. The van der Waals surface area contributed by atoms with Crippen molar-refractivity contribution in [2.75, 3.05) is 13.2 Å². The zero-order valence-corrected chi connectivity index (χ0v) is 25.0. The normalized spacial score (nSPS) is 20.9. The van der Waals surface area contributed by atoms with Gasteiger partial charge in [0.2, 0.25) is 5.91 Å². The van der Waals surface area contributed by atoms with E-state index in [1.165, 1.54) is 10.5 Å². The molecule has 0 saturated carbocycles. The molecule has 0 bridgehead atoms. The number of nitrogens with zero attached hydrogens (tertiary/aromatic N) is 1. The fourth-order valence-corrected chi connectivity index (χ4v) is 6.69. The van der Waals surface area contributed by atoms with Gasteiger partial charge in [-0.05, 0) is 79.8 Å². The predicted molar refractivity (Wildman–Crippen MR) is 164 cm³/mol. The van der Waals surface area contributed by atoms with E-state index in [9.17, 15) is 14.4 Å². The Labute approximate surface area is 252 Å². The average molecular weight is 582 g/mol. The van der Waals surface area contributed by atoms with Crippen molar-refractivity contribution in [2.24, 2.45) is 0 Å². The van der Waals surface area contributed by atoms with Crippen molar-refractivity contribution in [1.82, 2.24) is 15.5 Å². The molecule has 43 heavy (non-hydrogen) atoms. The van der Waals surface area contributed by atoms with Crippen LogP contribution in [0.25, 0.3) is 11.1 Å².